The fraction of sp³-hybridized carbons (Fsp3) is 0.647. The monoisotopic (exact) mass is 336 g/mol. The third-order valence-corrected chi connectivity index (χ3v) is 5.44. The summed E-state index contributed by atoms with van der Waals surface area (Å²) >= 11 is 1.53. The van der Waals surface area contributed by atoms with Crippen LogP contribution in [0.1, 0.15) is 42.5 Å². The van der Waals surface area contributed by atoms with Crippen molar-refractivity contribution < 1.29 is 14.3 Å². The molecule has 1 atom stereocenters. The Morgan fingerprint density at radius 1 is 1.30 bits per heavy atom. The van der Waals surface area contributed by atoms with Gasteiger partial charge >= 0.3 is 0 Å². The molecule has 1 aromatic rings. The molecule has 3 heterocycles. The molecule has 2 fully saturated rings. The summed E-state index contributed by atoms with van der Waals surface area (Å²) < 4.78 is 5.35. The van der Waals surface area contributed by atoms with Gasteiger partial charge in [0.2, 0.25) is 5.91 Å². The molecule has 0 unspecified atom stereocenters. The number of amides is 2. The van der Waals surface area contributed by atoms with Gasteiger partial charge in [-0.15, -0.1) is 0 Å². The highest BCUT2D eigenvalue weighted by Crippen LogP contribution is 2.20. The molecule has 1 N–H and O–H groups in total. The zero-order chi connectivity index (χ0) is 16.1. The maximum Gasteiger partial charge on any atom is 0.252 e. The highest BCUT2D eigenvalue weighted by Gasteiger charge is 2.25. The topological polar surface area (TPSA) is 58.6 Å². The fourth-order valence-electron chi connectivity index (χ4n) is 3.23. The minimum atomic E-state index is -0.00254. The Morgan fingerprint density at radius 3 is 2.78 bits per heavy atom. The van der Waals surface area contributed by atoms with Crippen molar-refractivity contribution in [3.05, 3.63) is 22.4 Å². The Bertz CT molecular complexity index is 518. The van der Waals surface area contributed by atoms with Gasteiger partial charge in [-0.25, -0.2) is 0 Å². The molecule has 3 rings (SSSR count). The van der Waals surface area contributed by atoms with Crippen molar-refractivity contribution in [2.75, 3.05) is 26.3 Å². The summed E-state index contributed by atoms with van der Waals surface area (Å²) in [5.41, 5.74) is 0.729. The van der Waals surface area contributed by atoms with Crippen LogP contribution in [0, 0.1) is 5.92 Å². The molecule has 6 heteroatoms. The first-order chi connectivity index (χ1) is 11.2. The van der Waals surface area contributed by atoms with Gasteiger partial charge in [0.05, 0.1) is 0 Å². The van der Waals surface area contributed by atoms with Gasteiger partial charge in [-0.2, -0.15) is 11.3 Å². The van der Waals surface area contributed by atoms with Crippen LogP contribution in [0.25, 0.3) is 0 Å². The number of nitrogens with zero attached hydrogens (tertiary/aromatic N) is 1. The molecule has 0 radical (unpaired) electrons. The molecule has 0 aromatic carbocycles. The van der Waals surface area contributed by atoms with Crippen LogP contribution in [0.2, 0.25) is 0 Å². The van der Waals surface area contributed by atoms with E-state index in [0.717, 1.165) is 57.6 Å². The normalized spacial score (nSPS) is 22.3. The molecule has 5 nitrogen and oxygen atoms in total. The van der Waals surface area contributed by atoms with E-state index in [-0.39, 0.29) is 17.9 Å². The van der Waals surface area contributed by atoms with Gasteiger partial charge in [0.1, 0.15) is 0 Å². The minimum absolute atomic E-state index is 0.00254. The summed E-state index contributed by atoms with van der Waals surface area (Å²) in [6.45, 7) is 3.14. The number of rotatable bonds is 5. The van der Waals surface area contributed by atoms with Crippen molar-refractivity contribution >= 4 is 23.2 Å². The second-order valence-corrected chi connectivity index (χ2v) is 7.19. The zero-order valence-electron chi connectivity index (χ0n) is 13.3. The molecule has 126 valence electrons. The summed E-state index contributed by atoms with van der Waals surface area (Å²) in [6.07, 6.45) is 4.33. The van der Waals surface area contributed by atoms with E-state index in [1.807, 2.05) is 21.7 Å². The van der Waals surface area contributed by atoms with Gasteiger partial charge in [0.25, 0.3) is 5.91 Å². The van der Waals surface area contributed by atoms with Crippen molar-refractivity contribution in [1.29, 1.82) is 0 Å². The van der Waals surface area contributed by atoms with Crippen LogP contribution in [0.5, 0.6) is 0 Å². The first kappa shape index (κ1) is 16.5. The maximum atomic E-state index is 12.3. The first-order valence-electron chi connectivity index (χ1n) is 8.41. The highest BCUT2D eigenvalue weighted by molar-refractivity contribution is 7.08. The third-order valence-electron chi connectivity index (χ3n) is 4.76. The molecule has 0 saturated carbocycles. The molecule has 0 bridgehead atoms. The van der Waals surface area contributed by atoms with E-state index in [1.165, 1.54) is 11.3 Å². The zero-order valence-corrected chi connectivity index (χ0v) is 14.1. The predicted molar refractivity (Wildman–Crippen MR) is 89.5 cm³/mol. The summed E-state index contributed by atoms with van der Waals surface area (Å²) in [5.74, 6) is 0.804. The van der Waals surface area contributed by atoms with Crippen molar-refractivity contribution in [2.24, 2.45) is 5.92 Å². The number of carbonyl (C=O) groups excluding carboxylic acids is 2. The molecule has 0 spiro atoms. The number of thiophene rings is 1. The number of likely N-dealkylation sites (tertiary alicyclic amines) is 1. The van der Waals surface area contributed by atoms with E-state index in [9.17, 15) is 9.59 Å². The van der Waals surface area contributed by atoms with Gasteiger partial charge in [-0.1, -0.05) is 0 Å². The van der Waals surface area contributed by atoms with Crippen LogP contribution in [0.15, 0.2) is 16.8 Å². The first-order valence-corrected chi connectivity index (χ1v) is 9.35. The second kappa shape index (κ2) is 7.93. The number of ether oxygens (including phenoxy) is 1. The van der Waals surface area contributed by atoms with Gasteiger partial charge < -0.3 is 15.0 Å². The number of carbonyl (C=O) groups is 2. The van der Waals surface area contributed by atoms with Gasteiger partial charge in [0, 0.05) is 49.7 Å². The van der Waals surface area contributed by atoms with Crippen molar-refractivity contribution in [2.45, 2.75) is 38.1 Å². The van der Waals surface area contributed by atoms with Crippen LogP contribution < -0.4 is 5.32 Å². The van der Waals surface area contributed by atoms with Gasteiger partial charge in [-0.05, 0) is 43.0 Å². The molecule has 2 amide bonds. The summed E-state index contributed by atoms with van der Waals surface area (Å²) in [7, 11) is 0. The quantitative estimate of drug-likeness (QED) is 0.897. The Kier molecular flexibility index (Phi) is 5.67. The average molecular weight is 336 g/mol. The fourth-order valence-corrected chi connectivity index (χ4v) is 3.87. The summed E-state index contributed by atoms with van der Waals surface area (Å²) in [5, 5.41) is 6.84. The Hall–Kier alpha value is -1.40. The van der Waals surface area contributed by atoms with E-state index in [0.29, 0.717) is 12.3 Å². The van der Waals surface area contributed by atoms with Crippen LogP contribution >= 0.6 is 11.3 Å². The Balaban J connectivity index is 1.37. The lowest BCUT2D eigenvalue weighted by atomic mass is 10.0. The molecule has 2 aliphatic heterocycles. The number of nitrogens with one attached hydrogen (secondary N) is 1. The van der Waals surface area contributed by atoms with Crippen LogP contribution in [0.3, 0.4) is 0 Å². The van der Waals surface area contributed by atoms with E-state index >= 15 is 0 Å². The van der Waals surface area contributed by atoms with Crippen LogP contribution in [0.4, 0.5) is 0 Å². The average Bonchev–Trinajstić information content (AvgIpc) is 3.26. The number of hydrogen-bond donors (Lipinski definition) is 1. The largest absolute Gasteiger partial charge is 0.381 e. The Labute approximate surface area is 141 Å². The highest BCUT2D eigenvalue weighted by atomic mass is 32.1. The lowest BCUT2D eigenvalue weighted by Gasteiger charge is -2.32. The predicted octanol–water partition coefficient (Wildman–Crippen LogP) is 2.29. The van der Waals surface area contributed by atoms with E-state index in [4.69, 9.17) is 4.74 Å². The molecular formula is C17H24N2O3S. The van der Waals surface area contributed by atoms with Crippen LogP contribution in [-0.2, 0) is 9.53 Å². The lowest BCUT2D eigenvalue weighted by molar-refractivity contribution is -0.132. The van der Waals surface area contributed by atoms with E-state index < -0.39 is 0 Å². The van der Waals surface area contributed by atoms with E-state index in [2.05, 4.69) is 5.32 Å². The maximum absolute atomic E-state index is 12.3. The SMILES string of the molecule is O=C(NC1CCN(C(=O)CC[C@H]2CCOC2)CC1)c1ccsc1. The number of hydrogen-bond acceptors (Lipinski definition) is 4. The molecule has 2 saturated heterocycles. The van der Waals surface area contributed by atoms with Gasteiger partial charge in [0.15, 0.2) is 0 Å². The van der Waals surface area contributed by atoms with Gasteiger partial charge in [-0.3, -0.25) is 9.59 Å². The molecule has 23 heavy (non-hydrogen) atoms. The standard InChI is InChI=1S/C17H24N2O3S/c20-16(2-1-13-5-9-22-11-13)19-7-3-15(4-8-19)18-17(21)14-6-10-23-12-14/h6,10,12-13,15H,1-5,7-9,11H2,(H,18,21)/t13-/m0/s1. The van der Waals surface area contributed by atoms with Crippen LogP contribution in [-0.4, -0.2) is 49.1 Å². The minimum Gasteiger partial charge on any atom is -0.381 e. The molecule has 2 aliphatic rings. The smallest absolute Gasteiger partial charge is 0.252 e. The van der Waals surface area contributed by atoms with Crippen molar-refractivity contribution in [3.63, 3.8) is 0 Å². The molecular weight excluding hydrogens is 312 g/mol. The molecule has 0 aliphatic carbocycles. The molecule has 1 aromatic heterocycles. The summed E-state index contributed by atoms with van der Waals surface area (Å²) in [4.78, 5) is 26.3. The Morgan fingerprint density at radius 2 is 2.13 bits per heavy atom. The summed E-state index contributed by atoms with van der Waals surface area (Å²) in [6, 6.07) is 2.01. The van der Waals surface area contributed by atoms with Crippen molar-refractivity contribution in [1.82, 2.24) is 10.2 Å². The third kappa shape index (κ3) is 4.54. The van der Waals surface area contributed by atoms with E-state index in [1.54, 1.807) is 0 Å². The number of piperidine rings is 1. The van der Waals surface area contributed by atoms with Crippen molar-refractivity contribution in [3.8, 4) is 0 Å². The lowest BCUT2D eigenvalue weighted by Crippen LogP contribution is -2.46. The second-order valence-electron chi connectivity index (χ2n) is 6.41.